The molecule has 9 nitrogen and oxygen atoms in total. The van der Waals surface area contributed by atoms with Crippen LogP contribution in [0.15, 0.2) is 23.8 Å². The SMILES string of the molecule is [N-]=[N+]=Nc1ncc2n1CCN(CC1CCCCC1)C2.c1ncn2c1CN(CC1CCCCC1)CC2. The van der Waals surface area contributed by atoms with E-state index in [-0.39, 0.29) is 0 Å². The van der Waals surface area contributed by atoms with Crippen LogP contribution >= 0.6 is 0 Å². The molecule has 2 aromatic rings. The summed E-state index contributed by atoms with van der Waals surface area (Å²) < 4.78 is 4.33. The molecular weight excluding hydrogens is 438 g/mol. The van der Waals surface area contributed by atoms with Crippen molar-refractivity contribution in [3.05, 3.63) is 40.6 Å². The van der Waals surface area contributed by atoms with Gasteiger partial charge in [0.25, 0.3) is 0 Å². The number of hydrogen-bond acceptors (Lipinski definition) is 5. The fourth-order valence-corrected chi connectivity index (χ4v) is 6.46. The van der Waals surface area contributed by atoms with E-state index in [2.05, 4.69) is 34.4 Å². The molecular formula is C26H41N9. The number of fused-ring (bicyclic) bond motifs is 2. The summed E-state index contributed by atoms with van der Waals surface area (Å²) in [6, 6.07) is 0. The van der Waals surface area contributed by atoms with E-state index in [0.717, 1.165) is 44.6 Å². The van der Waals surface area contributed by atoms with Crippen molar-refractivity contribution < 1.29 is 0 Å². The van der Waals surface area contributed by atoms with Crippen LogP contribution in [0.5, 0.6) is 0 Å². The first-order valence-electron chi connectivity index (χ1n) is 13.8. The molecule has 0 saturated heterocycles. The number of imidazole rings is 2. The zero-order valence-electron chi connectivity index (χ0n) is 21.1. The maximum Gasteiger partial charge on any atom is 0.197 e. The van der Waals surface area contributed by atoms with Gasteiger partial charge in [0.2, 0.25) is 0 Å². The first-order valence-corrected chi connectivity index (χ1v) is 13.8. The van der Waals surface area contributed by atoms with Gasteiger partial charge in [-0.05, 0) is 48.2 Å². The van der Waals surface area contributed by atoms with Gasteiger partial charge in [0.05, 0.1) is 17.7 Å². The molecule has 190 valence electrons. The maximum absolute atomic E-state index is 8.50. The monoisotopic (exact) mass is 479 g/mol. The highest BCUT2D eigenvalue weighted by Gasteiger charge is 2.23. The van der Waals surface area contributed by atoms with Crippen molar-refractivity contribution >= 4 is 5.95 Å². The van der Waals surface area contributed by atoms with Crippen molar-refractivity contribution in [3.8, 4) is 0 Å². The van der Waals surface area contributed by atoms with E-state index in [1.807, 2.05) is 23.3 Å². The smallest absolute Gasteiger partial charge is 0.197 e. The van der Waals surface area contributed by atoms with Crippen LogP contribution in [0.4, 0.5) is 5.95 Å². The van der Waals surface area contributed by atoms with Crippen molar-refractivity contribution in [1.82, 2.24) is 28.9 Å². The highest BCUT2D eigenvalue weighted by molar-refractivity contribution is 5.23. The lowest BCUT2D eigenvalue weighted by molar-refractivity contribution is 0.167. The summed E-state index contributed by atoms with van der Waals surface area (Å²) in [7, 11) is 0. The number of rotatable bonds is 5. The van der Waals surface area contributed by atoms with Crippen LogP contribution in [0, 0.1) is 11.8 Å². The predicted molar refractivity (Wildman–Crippen MR) is 137 cm³/mol. The van der Waals surface area contributed by atoms with Gasteiger partial charge in [-0.25, -0.2) is 9.97 Å². The Balaban J connectivity index is 0.000000147. The highest BCUT2D eigenvalue weighted by Crippen LogP contribution is 2.27. The Hall–Kier alpha value is -2.35. The second-order valence-electron chi connectivity index (χ2n) is 10.9. The molecule has 6 rings (SSSR count). The molecule has 0 aromatic carbocycles. The molecule has 0 unspecified atom stereocenters. The van der Waals surface area contributed by atoms with Crippen molar-refractivity contribution in [2.45, 2.75) is 90.4 Å². The van der Waals surface area contributed by atoms with Gasteiger partial charge in [0, 0.05) is 69.7 Å². The molecule has 0 amide bonds. The molecule has 0 N–H and O–H groups in total. The minimum Gasteiger partial charge on any atom is -0.332 e. The lowest BCUT2D eigenvalue weighted by Crippen LogP contribution is -2.37. The zero-order chi connectivity index (χ0) is 23.9. The summed E-state index contributed by atoms with van der Waals surface area (Å²) in [5.74, 6) is 2.35. The number of nitrogens with zero attached hydrogens (tertiary/aromatic N) is 9. The average Bonchev–Trinajstić information content (AvgIpc) is 3.52. The number of hydrogen-bond donors (Lipinski definition) is 0. The zero-order valence-corrected chi connectivity index (χ0v) is 21.1. The third-order valence-electron chi connectivity index (χ3n) is 8.40. The van der Waals surface area contributed by atoms with Gasteiger partial charge in [-0.15, -0.1) is 0 Å². The topological polar surface area (TPSA) is 90.9 Å². The molecule has 0 radical (unpaired) electrons. The predicted octanol–water partition coefficient (Wildman–Crippen LogP) is 5.50. The molecule has 2 saturated carbocycles. The van der Waals surface area contributed by atoms with Crippen LogP contribution in [-0.2, 0) is 26.2 Å². The summed E-state index contributed by atoms with van der Waals surface area (Å²) in [6.45, 7) is 8.82. The molecule has 4 heterocycles. The normalized spacial score (nSPS) is 21.9. The number of azide groups is 1. The third kappa shape index (κ3) is 6.46. The van der Waals surface area contributed by atoms with Gasteiger partial charge in [-0.3, -0.25) is 9.80 Å². The van der Waals surface area contributed by atoms with E-state index in [0.29, 0.717) is 5.95 Å². The summed E-state index contributed by atoms with van der Waals surface area (Å²) in [5.41, 5.74) is 11.1. The van der Waals surface area contributed by atoms with Gasteiger partial charge in [-0.2, -0.15) is 0 Å². The minimum atomic E-state index is 0.509. The summed E-state index contributed by atoms with van der Waals surface area (Å²) in [6.07, 6.45) is 20.1. The Kier molecular flexibility index (Phi) is 8.39. The standard InChI is InChI=1S/C13H20N6.C13H21N3/c14-17-16-13-15-8-12-10-18(6-7-19(12)13)9-11-4-2-1-3-5-11;1-2-4-12(5-3-1)9-15-6-7-16-11-14-8-13(16)10-15/h8,11H,1-7,9-10H2;8,11-12H,1-7,9-10H2. The van der Waals surface area contributed by atoms with Gasteiger partial charge < -0.3 is 9.13 Å². The Morgan fingerprint density at radius 2 is 1.43 bits per heavy atom. The molecule has 35 heavy (non-hydrogen) atoms. The molecule has 4 aliphatic rings. The second kappa shape index (κ2) is 12.1. The molecule has 0 bridgehead atoms. The molecule has 2 fully saturated rings. The first-order chi connectivity index (χ1) is 17.3. The van der Waals surface area contributed by atoms with E-state index < -0.39 is 0 Å². The van der Waals surface area contributed by atoms with E-state index >= 15 is 0 Å². The lowest BCUT2D eigenvalue weighted by Gasteiger charge is -2.33. The Morgan fingerprint density at radius 3 is 2.09 bits per heavy atom. The lowest BCUT2D eigenvalue weighted by atomic mass is 9.89. The van der Waals surface area contributed by atoms with Crippen LogP contribution in [0.1, 0.15) is 75.6 Å². The van der Waals surface area contributed by atoms with E-state index in [1.165, 1.54) is 95.2 Å². The Labute approximate surface area is 209 Å². The van der Waals surface area contributed by atoms with Crippen LogP contribution in [0.3, 0.4) is 0 Å². The second-order valence-corrected chi connectivity index (χ2v) is 10.9. The molecule has 9 heteroatoms. The molecule has 0 atom stereocenters. The third-order valence-corrected chi connectivity index (χ3v) is 8.40. The van der Waals surface area contributed by atoms with Crippen LogP contribution in [0.25, 0.3) is 10.4 Å². The summed E-state index contributed by atoms with van der Waals surface area (Å²) in [5, 5.41) is 3.63. The molecule has 2 aromatic heterocycles. The molecule has 2 aliphatic carbocycles. The van der Waals surface area contributed by atoms with E-state index in [4.69, 9.17) is 5.53 Å². The van der Waals surface area contributed by atoms with Gasteiger partial charge >= 0.3 is 0 Å². The van der Waals surface area contributed by atoms with Gasteiger partial charge in [0.1, 0.15) is 0 Å². The summed E-state index contributed by atoms with van der Waals surface area (Å²) in [4.78, 5) is 16.4. The molecule has 2 aliphatic heterocycles. The van der Waals surface area contributed by atoms with Crippen LogP contribution in [0.2, 0.25) is 0 Å². The van der Waals surface area contributed by atoms with Crippen LogP contribution < -0.4 is 0 Å². The average molecular weight is 480 g/mol. The molecule has 0 spiro atoms. The highest BCUT2D eigenvalue weighted by atomic mass is 15.3. The Bertz CT molecular complexity index is 977. The largest absolute Gasteiger partial charge is 0.332 e. The van der Waals surface area contributed by atoms with Gasteiger partial charge in [-0.1, -0.05) is 38.5 Å². The first kappa shape index (κ1) is 24.3. The fourth-order valence-electron chi connectivity index (χ4n) is 6.46. The quantitative estimate of drug-likeness (QED) is 0.322. The number of aromatic nitrogens is 4. The van der Waals surface area contributed by atoms with Crippen molar-refractivity contribution in [2.75, 3.05) is 26.2 Å². The van der Waals surface area contributed by atoms with Crippen molar-refractivity contribution in [2.24, 2.45) is 17.0 Å². The van der Waals surface area contributed by atoms with E-state index in [9.17, 15) is 0 Å². The van der Waals surface area contributed by atoms with E-state index in [1.54, 1.807) is 0 Å². The minimum absolute atomic E-state index is 0.509. The van der Waals surface area contributed by atoms with Gasteiger partial charge in [0.15, 0.2) is 5.95 Å². The van der Waals surface area contributed by atoms with Crippen molar-refractivity contribution in [1.29, 1.82) is 0 Å². The maximum atomic E-state index is 8.50. The summed E-state index contributed by atoms with van der Waals surface area (Å²) >= 11 is 0. The van der Waals surface area contributed by atoms with Crippen molar-refractivity contribution in [3.63, 3.8) is 0 Å². The Morgan fingerprint density at radius 1 is 0.800 bits per heavy atom. The van der Waals surface area contributed by atoms with Crippen LogP contribution in [-0.4, -0.2) is 55.1 Å². The fraction of sp³-hybridized carbons (Fsp3) is 0.769.